The molecule has 0 amide bonds. The van der Waals surface area contributed by atoms with Gasteiger partial charge in [-0.05, 0) is 20.3 Å². The Morgan fingerprint density at radius 2 is 1.81 bits per heavy atom. The molecule has 9 heteroatoms. The number of carbonyl (C=O) groups is 2. The first-order valence-electron chi connectivity index (χ1n) is 6.70. The summed E-state index contributed by atoms with van der Waals surface area (Å²) < 4.78 is 30.5. The third kappa shape index (κ3) is 4.94. The van der Waals surface area contributed by atoms with E-state index in [-0.39, 0.29) is 38.0 Å². The van der Waals surface area contributed by atoms with Gasteiger partial charge < -0.3 is 14.9 Å². The Morgan fingerprint density at radius 1 is 1.24 bits per heavy atom. The molecule has 2 atom stereocenters. The second-order valence-corrected chi connectivity index (χ2v) is 7.36. The summed E-state index contributed by atoms with van der Waals surface area (Å²) in [5, 5.41) is 18.1. The first-order valence-corrected chi connectivity index (χ1v) is 8.31. The minimum atomic E-state index is -3.64. The number of carboxylic acid groups (broad SMARTS) is 2. The van der Waals surface area contributed by atoms with E-state index in [1.165, 1.54) is 0 Å². The van der Waals surface area contributed by atoms with Crippen molar-refractivity contribution < 1.29 is 33.0 Å². The maximum absolute atomic E-state index is 12.1. The van der Waals surface area contributed by atoms with Crippen molar-refractivity contribution in [3.05, 3.63) is 0 Å². The maximum Gasteiger partial charge on any atom is 0.308 e. The summed E-state index contributed by atoms with van der Waals surface area (Å²) in [6.45, 7) is 3.30. The molecule has 0 aromatic rings. The van der Waals surface area contributed by atoms with Crippen LogP contribution in [-0.2, 0) is 24.3 Å². The van der Waals surface area contributed by atoms with Crippen LogP contribution in [0.1, 0.15) is 20.3 Å². The average Bonchev–Trinajstić information content (AvgIpc) is 2.37. The molecule has 1 aliphatic heterocycles. The van der Waals surface area contributed by atoms with Crippen molar-refractivity contribution >= 4 is 22.0 Å². The normalized spacial score (nSPS) is 24.1. The van der Waals surface area contributed by atoms with E-state index in [1.54, 1.807) is 13.8 Å². The Morgan fingerprint density at radius 3 is 2.29 bits per heavy atom. The van der Waals surface area contributed by atoms with Crippen molar-refractivity contribution in [2.45, 2.75) is 26.4 Å². The fourth-order valence-electron chi connectivity index (χ4n) is 2.24. The molecule has 8 nitrogen and oxygen atoms in total. The van der Waals surface area contributed by atoms with Crippen molar-refractivity contribution in [2.75, 3.05) is 25.4 Å². The average molecular weight is 323 g/mol. The van der Waals surface area contributed by atoms with Crippen molar-refractivity contribution in [3.63, 3.8) is 0 Å². The number of hydrogen-bond donors (Lipinski definition) is 2. The molecule has 21 heavy (non-hydrogen) atoms. The quantitative estimate of drug-likeness (QED) is 0.668. The lowest BCUT2D eigenvalue weighted by Gasteiger charge is -2.33. The Kier molecular flexibility index (Phi) is 6.11. The number of nitrogens with zero attached hydrogens (tertiary/aromatic N) is 1. The van der Waals surface area contributed by atoms with Crippen LogP contribution >= 0.6 is 0 Å². The predicted octanol–water partition coefficient (Wildman–Crippen LogP) is -0.151. The highest BCUT2D eigenvalue weighted by molar-refractivity contribution is 7.89. The molecule has 0 saturated carbocycles. The summed E-state index contributed by atoms with van der Waals surface area (Å²) in [6.07, 6.45) is -0.0963. The molecule has 0 aromatic heterocycles. The number of sulfonamides is 1. The zero-order valence-electron chi connectivity index (χ0n) is 12.1. The smallest absolute Gasteiger partial charge is 0.308 e. The lowest BCUT2D eigenvalue weighted by molar-refractivity contribution is -0.156. The van der Waals surface area contributed by atoms with E-state index >= 15 is 0 Å². The lowest BCUT2D eigenvalue weighted by Crippen LogP contribution is -2.49. The number of ether oxygens (including phenoxy) is 1. The highest BCUT2D eigenvalue weighted by atomic mass is 32.2. The van der Waals surface area contributed by atoms with Gasteiger partial charge >= 0.3 is 11.9 Å². The second kappa shape index (κ2) is 7.19. The molecule has 0 radical (unpaired) electrons. The fraction of sp³-hybridized carbons (Fsp3) is 0.833. The Balaban J connectivity index is 2.72. The minimum absolute atomic E-state index is 0.00341. The summed E-state index contributed by atoms with van der Waals surface area (Å²) in [6, 6.07) is 0. The van der Waals surface area contributed by atoms with E-state index in [4.69, 9.17) is 14.9 Å². The first kappa shape index (κ1) is 17.9. The predicted molar refractivity (Wildman–Crippen MR) is 73.3 cm³/mol. The molecule has 1 heterocycles. The zero-order chi connectivity index (χ0) is 16.2. The number of hydrogen-bond acceptors (Lipinski definition) is 5. The largest absolute Gasteiger partial charge is 0.481 e. The SMILES string of the molecule is CC(C)OCCS(=O)(=O)N1CCC(C(=O)O)C(C(=O)O)C1. The molecule has 1 fully saturated rings. The van der Waals surface area contributed by atoms with Gasteiger partial charge in [-0.2, -0.15) is 0 Å². The number of carboxylic acids is 2. The van der Waals surface area contributed by atoms with Gasteiger partial charge in [-0.3, -0.25) is 9.59 Å². The summed E-state index contributed by atoms with van der Waals surface area (Å²) in [5.74, 6) is -5.02. The van der Waals surface area contributed by atoms with Gasteiger partial charge in [-0.1, -0.05) is 0 Å². The van der Waals surface area contributed by atoms with Crippen molar-refractivity contribution in [3.8, 4) is 0 Å². The highest BCUT2D eigenvalue weighted by Crippen LogP contribution is 2.26. The van der Waals surface area contributed by atoms with Gasteiger partial charge in [-0.15, -0.1) is 0 Å². The van der Waals surface area contributed by atoms with Crippen molar-refractivity contribution in [1.82, 2.24) is 4.31 Å². The summed E-state index contributed by atoms with van der Waals surface area (Å²) in [7, 11) is -3.64. The lowest BCUT2D eigenvalue weighted by atomic mass is 9.86. The van der Waals surface area contributed by atoms with Crippen LogP contribution in [0.25, 0.3) is 0 Å². The van der Waals surface area contributed by atoms with Gasteiger partial charge in [0.05, 0.1) is 30.3 Å². The first-order chi connectivity index (χ1) is 9.65. The van der Waals surface area contributed by atoms with Crippen LogP contribution in [0.2, 0.25) is 0 Å². The molecule has 1 saturated heterocycles. The van der Waals surface area contributed by atoms with E-state index in [2.05, 4.69) is 0 Å². The summed E-state index contributed by atoms with van der Waals surface area (Å²) in [5.41, 5.74) is 0. The van der Waals surface area contributed by atoms with Gasteiger partial charge in [0.15, 0.2) is 0 Å². The van der Waals surface area contributed by atoms with E-state index < -0.39 is 33.8 Å². The van der Waals surface area contributed by atoms with Crippen LogP contribution in [0.15, 0.2) is 0 Å². The highest BCUT2D eigenvalue weighted by Gasteiger charge is 2.41. The van der Waals surface area contributed by atoms with Gasteiger partial charge in [0.25, 0.3) is 0 Å². The van der Waals surface area contributed by atoms with Crippen LogP contribution in [-0.4, -0.2) is 66.4 Å². The van der Waals surface area contributed by atoms with Gasteiger partial charge in [0, 0.05) is 13.1 Å². The Hall–Kier alpha value is -1.19. The number of piperidine rings is 1. The molecule has 0 aromatic carbocycles. The molecule has 0 bridgehead atoms. The summed E-state index contributed by atoms with van der Waals surface area (Å²) in [4.78, 5) is 22.2. The van der Waals surface area contributed by atoms with E-state index in [0.29, 0.717) is 0 Å². The molecule has 122 valence electrons. The van der Waals surface area contributed by atoms with Gasteiger partial charge in [0.1, 0.15) is 0 Å². The zero-order valence-corrected chi connectivity index (χ0v) is 12.9. The molecular formula is C12H21NO7S. The number of rotatable bonds is 7. The van der Waals surface area contributed by atoms with Crippen LogP contribution in [0, 0.1) is 11.8 Å². The standard InChI is InChI=1S/C12H21NO7S/c1-8(2)20-5-6-21(18,19)13-4-3-9(11(14)15)10(7-13)12(16)17/h8-10H,3-7H2,1-2H3,(H,14,15)(H,16,17). The fourth-order valence-corrected chi connectivity index (χ4v) is 3.58. The summed E-state index contributed by atoms with van der Waals surface area (Å²) >= 11 is 0. The Bertz CT molecular complexity index is 488. The van der Waals surface area contributed by atoms with Gasteiger partial charge in [0.2, 0.25) is 10.0 Å². The minimum Gasteiger partial charge on any atom is -0.481 e. The molecule has 0 aliphatic carbocycles. The monoisotopic (exact) mass is 323 g/mol. The molecule has 1 rings (SSSR count). The van der Waals surface area contributed by atoms with E-state index in [0.717, 1.165) is 4.31 Å². The van der Waals surface area contributed by atoms with Crippen LogP contribution < -0.4 is 0 Å². The molecule has 2 unspecified atom stereocenters. The third-order valence-electron chi connectivity index (χ3n) is 3.40. The maximum atomic E-state index is 12.1. The van der Waals surface area contributed by atoms with Crippen LogP contribution in [0.3, 0.4) is 0 Å². The van der Waals surface area contributed by atoms with Gasteiger partial charge in [-0.25, -0.2) is 12.7 Å². The van der Waals surface area contributed by atoms with Crippen molar-refractivity contribution in [2.24, 2.45) is 11.8 Å². The molecule has 1 aliphatic rings. The molecular weight excluding hydrogens is 302 g/mol. The topological polar surface area (TPSA) is 121 Å². The van der Waals surface area contributed by atoms with E-state index in [9.17, 15) is 18.0 Å². The van der Waals surface area contributed by atoms with Crippen LogP contribution in [0.4, 0.5) is 0 Å². The van der Waals surface area contributed by atoms with E-state index in [1.807, 2.05) is 0 Å². The van der Waals surface area contributed by atoms with Crippen LogP contribution in [0.5, 0.6) is 0 Å². The number of aliphatic carboxylic acids is 2. The molecule has 0 spiro atoms. The second-order valence-electron chi connectivity index (χ2n) is 5.27. The van der Waals surface area contributed by atoms with Crippen molar-refractivity contribution in [1.29, 1.82) is 0 Å². The molecule has 2 N–H and O–H groups in total. The third-order valence-corrected chi connectivity index (χ3v) is 5.20. The Labute approximate surface area is 123 Å².